The molecule has 0 spiro atoms. The number of H-pyrrole nitrogens is 1. The van der Waals surface area contributed by atoms with E-state index in [9.17, 15) is 9.59 Å². The van der Waals surface area contributed by atoms with E-state index in [-0.39, 0.29) is 23.8 Å². The molecule has 1 aromatic heterocycles. The van der Waals surface area contributed by atoms with Crippen LogP contribution < -0.4 is 5.32 Å². The molecule has 0 bridgehead atoms. The van der Waals surface area contributed by atoms with Gasteiger partial charge in [-0.25, -0.2) is 0 Å². The summed E-state index contributed by atoms with van der Waals surface area (Å²) in [6.45, 7) is 0. The predicted molar refractivity (Wildman–Crippen MR) is 95.5 cm³/mol. The van der Waals surface area contributed by atoms with Crippen molar-refractivity contribution in [2.45, 2.75) is 56.9 Å². The quantitative estimate of drug-likeness (QED) is 0.801. The molecule has 0 radical (unpaired) electrons. The molecule has 1 aromatic carbocycles. The summed E-state index contributed by atoms with van der Waals surface area (Å²) in [4.78, 5) is 27.4. The minimum atomic E-state index is -0.709. The third kappa shape index (κ3) is 3.03. The number of carbonyl (C=O) groups is 2. The predicted octanol–water partition coefficient (Wildman–Crippen LogP) is 3.35. The van der Waals surface area contributed by atoms with Crippen LogP contribution in [0.5, 0.6) is 0 Å². The molecule has 3 N–H and O–H groups in total. The van der Waals surface area contributed by atoms with E-state index in [1.54, 1.807) is 0 Å². The van der Waals surface area contributed by atoms with Gasteiger partial charge in [-0.3, -0.25) is 9.59 Å². The van der Waals surface area contributed by atoms with Crippen LogP contribution in [-0.2, 0) is 16.0 Å². The van der Waals surface area contributed by atoms with Crippen LogP contribution in [0.15, 0.2) is 24.3 Å². The number of para-hydroxylation sites is 1. The van der Waals surface area contributed by atoms with Gasteiger partial charge in [0.2, 0.25) is 5.91 Å². The minimum absolute atomic E-state index is 0.0891. The van der Waals surface area contributed by atoms with Gasteiger partial charge in [0.15, 0.2) is 0 Å². The molecule has 2 aliphatic carbocycles. The number of benzene rings is 1. The second-order valence-electron chi connectivity index (χ2n) is 7.40. The summed E-state index contributed by atoms with van der Waals surface area (Å²) in [7, 11) is 0. The number of fused-ring (bicyclic) bond motifs is 3. The molecular formula is C20H24N2O3. The van der Waals surface area contributed by atoms with Crippen molar-refractivity contribution in [3.8, 4) is 0 Å². The zero-order valence-corrected chi connectivity index (χ0v) is 14.3. The Hall–Kier alpha value is -2.30. The van der Waals surface area contributed by atoms with Crippen LogP contribution in [0.2, 0.25) is 0 Å². The topological polar surface area (TPSA) is 82.2 Å². The fourth-order valence-electron chi connectivity index (χ4n) is 4.46. The Balaban J connectivity index is 1.48. The molecule has 25 heavy (non-hydrogen) atoms. The first-order chi connectivity index (χ1) is 12.1. The summed E-state index contributed by atoms with van der Waals surface area (Å²) in [5.41, 5.74) is 3.47. The van der Waals surface area contributed by atoms with Crippen LogP contribution in [-0.4, -0.2) is 28.0 Å². The van der Waals surface area contributed by atoms with Gasteiger partial charge in [0.05, 0.1) is 11.8 Å². The van der Waals surface area contributed by atoms with E-state index < -0.39 is 5.97 Å². The summed E-state index contributed by atoms with van der Waals surface area (Å²) in [6.07, 6.45) is 5.75. The largest absolute Gasteiger partial charge is 0.481 e. The Morgan fingerprint density at radius 2 is 1.84 bits per heavy atom. The second kappa shape index (κ2) is 6.54. The maximum atomic E-state index is 12.9. The molecule has 0 aliphatic heterocycles. The summed E-state index contributed by atoms with van der Waals surface area (Å²) >= 11 is 0. The lowest BCUT2D eigenvalue weighted by Crippen LogP contribution is -2.41. The lowest BCUT2D eigenvalue weighted by atomic mass is 9.84. The van der Waals surface area contributed by atoms with Crippen molar-refractivity contribution in [1.82, 2.24) is 10.3 Å². The SMILES string of the molecule is O=C(O)C1CCC(NC(=O)C2CCCc3c2[nH]c2ccccc32)CC1. The lowest BCUT2D eigenvalue weighted by molar-refractivity contribution is -0.142. The van der Waals surface area contributed by atoms with Crippen molar-refractivity contribution in [2.75, 3.05) is 0 Å². The highest BCUT2D eigenvalue weighted by Gasteiger charge is 2.32. The van der Waals surface area contributed by atoms with E-state index in [1.807, 2.05) is 12.1 Å². The zero-order valence-electron chi connectivity index (χ0n) is 14.3. The molecule has 0 saturated heterocycles. The minimum Gasteiger partial charge on any atom is -0.481 e. The number of amides is 1. The molecule has 1 saturated carbocycles. The fourth-order valence-corrected chi connectivity index (χ4v) is 4.46. The molecule has 1 unspecified atom stereocenters. The number of aryl methyl sites for hydroxylation is 1. The smallest absolute Gasteiger partial charge is 0.306 e. The number of carboxylic acids is 1. The van der Waals surface area contributed by atoms with Gasteiger partial charge >= 0.3 is 5.97 Å². The normalized spacial score (nSPS) is 26.2. The highest BCUT2D eigenvalue weighted by atomic mass is 16.4. The Bertz CT molecular complexity index is 802. The highest BCUT2D eigenvalue weighted by Crippen LogP contribution is 2.36. The standard InChI is InChI=1S/C20H24N2O3/c23-19(21-13-10-8-12(9-11-13)20(24)25)16-6-3-5-15-14-4-1-2-7-17(14)22-18(15)16/h1-2,4,7,12-13,16,22H,3,5-6,8-11H2,(H,21,23)(H,24,25). The van der Waals surface area contributed by atoms with E-state index in [4.69, 9.17) is 5.11 Å². The fraction of sp³-hybridized carbons (Fsp3) is 0.500. The van der Waals surface area contributed by atoms with Gasteiger partial charge in [-0.15, -0.1) is 0 Å². The summed E-state index contributed by atoms with van der Waals surface area (Å²) < 4.78 is 0. The van der Waals surface area contributed by atoms with Gasteiger partial charge in [-0.05, 0) is 56.6 Å². The number of aromatic amines is 1. The molecule has 1 amide bonds. The van der Waals surface area contributed by atoms with Crippen molar-refractivity contribution in [3.05, 3.63) is 35.5 Å². The number of aromatic nitrogens is 1. The summed E-state index contributed by atoms with van der Waals surface area (Å²) in [5, 5.41) is 13.5. The summed E-state index contributed by atoms with van der Waals surface area (Å²) in [6, 6.07) is 8.35. The van der Waals surface area contributed by atoms with Crippen LogP contribution in [0.3, 0.4) is 0 Å². The van der Waals surface area contributed by atoms with Gasteiger partial charge < -0.3 is 15.4 Å². The van der Waals surface area contributed by atoms with Crippen molar-refractivity contribution in [1.29, 1.82) is 0 Å². The van der Waals surface area contributed by atoms with Crippen molar-refractivity contribution in [3.63, 3.8) is 0 Å². The monoisotopic (exact) mass is 340 g/mol. The summed E-state index contributed by atoms with van der Waals surface area (Å²) in [5.74, 6) is -0.984. The Kier molecular flexibility index (Phi) is 4.24. The van der Waals surface area contributed by atoms with Gasteiger partial charge in [0.25, 0.3) is 0 Å². The van der Waals surface area contributed by atoms with E-state index in [0.29, 0.717) is 12.8 Å². The van der Waals surface area contributed by atoms with E-state index in [2.05, 4.69) is 22.4 Å². The zero-order chi connectivity index (χ0) is 17.4. The Morgan fingerprint density at radius 1 is 1.08 bits per heavy atom. The third-order valence-electron chi connectivity index (χ3n) is 5.85. The highest BCUT2D eigenvalue weighted by molar-refractivity contribution is 5.90. The first-order valence-electron chi connectivity index (χ1n) is 9.26. The van der Waals surface area contributed by atoms with Crippen LogP contribution in [0.4, 0.5) is 0 Å². The number of nitrogens with one attached hydrogen (secondary N) is 2. The van der Waals surface area contributed by atoms with E-state index >= 15 is 0 Å². The molecule has 5 nitrogen and oxygen atoms in total. The molecule has 1 atom stereocenters. The van der Waals surface area contributed by atoms with E-state index in [0.717, 1.165) is 43.3 Å². The maximum absolute atomic E-state index is 12.9. The van der Waals surface area contributed by atoms with Crippen LogP contribution in [0, 0.1) is 5.92 Å². The van der Waals surface area contributed by atoms with Crippen LogP contribution in [0.1, 0.15) is 55.7 Å². The molecule has 2 aromatic rings. The Morgan fingerprint density at radius 3 is 2.60 bits per heavy atom. The number of aliphatic carboxylic acids is 1. The van der Waals surface area contributed by atoms with Crippen LogP contribution in [0.25, 0.3) is 10.9 Å². The van der Waals surface area contributed by atoms with Crippen LogP contribution >= 0.6 is 0 Å². The van der Waals surface area contributed by atoms with Crippen molar-refractivity contribution >= 4 is 22.8 Å². The van der Waals surface area contributed by atoms with Gasteiger partial charge in [-0.1, -0.05) is 18.2 Å². The first-order valence-corrected chi connectivity index (χ1v) is 9.26. The molecule has 132 valence electrons. The van der Waals surface area contributed by atoms with Crippen molar-refractivity contribution in [2.24, 2.45) is 5.92 Å². The van der Waals surface area contributed by atoms with Crippen molar-refractivity contribution < 1.29 is 14.7 Å². The molecule has 4 rings (SSSR count). The number of hydrogen-bond donors (Lipinski definition) is 3. The second-order valence-corrected chi connectivity index (χ2v) is 7.40. The van der Waals surface area contributed by atoms with Gasteiger partial charge in [0.1, 0.15) is 0 Å². The van der Waals surface area contributed by atoms with Gasteiger partial charge in [-0.2, -0.15) is 0 Å². The first kappa shape index (κ1) is 16.2. The number of carboxylic acid groups (broad SMARTS) is 1. The molecule has 2 aliphatic rings. The number of carbonyl (C=O) groups excluding carboxylic acids is 1. The third-order valence-corrected chi connectivity index (χ3v) is 5.85. The molecular weight excluding hydrogens is 316 g/mol. The van der Waals surface area contributed by atoms with E-state index in [1.165, 1.54) is 10.9 Å². The lowest BCUT2D eigenvalue weighted by Gasteiger charge is -2.29. The number of hydrogen-bond acceptors (Lipinski definition) is 2. The maximum Gasteiger partial charge on any atom is 0.306 e. The molecule has 1 heterocycles. The molecule has 1 fully saturated rings. The van der Waals surface area contributed by atoms with Gasteiger partial charge in [0, 0.05) is 22.6 Å². The average Bonchev–Trinajstić information content (AvgIpc) is 3.00. The Labute approximate surface area is 146 Å². The molecule has 5 heteroatoms. The average molecular weight is 340 g/mol. The number of rotatable bonds is 3.